The number of ether oxygens (including phenoxy) is 1. The van der Waals surface area contributed by atoms with Gasteiger partial charge in [-0.05, 0) is 37.1 Å². The molecule has 1 aromatic carbocycles. The first-order valence-electron chi connectivity index (χ1n) is 6.12. The van der Waals surface area contributed by atoms with Crippen molar-refractivity contribution in [2.24, 2.45) is 0 Å². The Hall–Kier alpha value is -1.46. The molecule has 0 bridgehead atoms. The van der Waals surface area contributed by atoms with Crippen LogP contribution in [-0.2, 0) is 9.53 Å². The van der Waals surface area contributed by atoms with Crippen LogP contribution < -0.4 is 10.6 Å². The first-order valence-corrected chi connectivity index (χ1v) is 6.12. The van der Waals surface area contributed by atoms with Gasteiger partial charge in [-0.15, -0.1) is 0 Å². The van der Waals surface area contributed by atoms with Crippen molar-refractivity contribution in [1.82, 2.24) is 5.32 Å². The molecule has 1 aliphatic rings. The summed E-state index contributed by atoms with van der Waals surface area (Å²) in [5.74, 6) is -0.455. The largest absolute Gasteiger partial charge is 0.377 e. The highest BCUT2D eigenvalue weighted by atomic mass is 19.1. The molecule has 1 unspecified atom stereocenters. The van der Waals surface area contributed by atoms with Crippen molar-refractivity contribution in [3.05, 3.63) is 30.1 Å². The van der Waals surface area contributed by atoms with Gasteiger partial charge in [0.25, 0.3) is 0 Å². The van der Waals surface area contributed by atoms with Gasteiger partial charge in [-0.3, -0.25) is 4.79 Å². The van der Waals surface area contributed by atoms with Gasteiger partial charge in [0.15, 0.2) is 0 Å². The number of anilines is 1. The minimum atomic E-state index is -0.315. The summed E-state index contributed by atoms with van der Waals surface area (Å²) in [5, 5.41) is 5.73. The predicted molar refractivity (Wildman–Crippen MR) is 66.9 cm³/mol. The Morgan fingerprint density at radius 1 is 1.39 bits per heavy atom. The average molecular weight is 252 g/mol. The van der Waals surface area contributed by atoms with E-state index >= 15 is 0 Å². The highest BCUT2D eigenvalue weighted by Crippen LogP contribution is 2.10. The number of carbonyl (C=O) groups is 1. The quantitative estimate of drug-likeness (QED) is 0.835. The summed E-state index contributed by atoms with van der Waals surface area (Å²) in [7, 11) is 0. The Balaban J connectivity index is 1.66. The fourth-order valence-electron chi connectivity index (χ4n) is 1.89. The van der Waals surface area contributed by atoms with E-state index in [2.05, 4.69) is 10.6 Å². The Morgan fingerprint density at radius 2 is 2.17 bits per heavy atom. The van der Waals surface area contributed by atoms with Gasteiger partial charge in [0, 0.05) is 18.8 Å². The van der Waals surface area contributed by atoms with E-state index in [0.29, 0.717) is 12.2 Å². The molecule has 2 rings (SSSR count). The van der Waals surface area contributed by atoms with E-state index in [1.54, 1.807) is 0 Å². The third-order valence-corrected chi connectivity index (χ3v) is 2.81. The van der Waals surface area contributed by atoms with Crippen LogP contribution in [0.1, 0.15) is 12.8 Å². The van der Waals surface area contributed by atoms with Crippen molar-refractivity contribution in [2.45, 2.75) is 18.9 Å². The molecule has 18 heavy (non-hydrogen) atoms. The average Bonchev–Trinajstić information content (AvgIpc) is 2.85. The zero-order valence-corrected chi connectivity index (χ0v) is 10.1. The molecule has 1 amide bonds. The topological polar surface area (TPSA) is 50.4 Å². The molecule has 0 saturated carbocycles. The van der Waals surface area contributed by atoms with Gasteiger partial charge in [-0.25, -0.2) is 4.39 Å². The molecule has 98 valence electrons. The second-order valence-corrected chi connectivity index (χ2v) is 4.32. The Kier molecular flexibility index (Phi) is 4.66. The Bertz CT molecular complexity index is 388. The minimum Gasteiger partial charge on any atom is -0.377 e. The summed E-state index contributed by atoms with van der Waals surface area (Å²) < 4.78 is 18.1. The summed E-state index contributed by atoms with van der Waals surface area (Å²) in [5.41, 5.74) is 0.598. The van der Waals surface area contributed by atoms with E-state index in [1.807, 2.05) is 0 Å². The second kappa shape index (κ2) is 6.47. The van der Waals surface area contributed by atoms with Crippen molar-refractivity contribution >= 4 is 11.6 Å². The lowest BCUT2D eigenvalue weighted by atomic mass is 10.2. The standard InChI is InChI=1S/C13H17FN2O2/c14-10-3-5-11(6-4-10)16-13(17)9-15-8-12-2-1-7-18-12/h3-6,12,15H,1-2,7-9H2,(H,16,17). The number of nitrogens with one attached hydrogen (secondary N) is 2. The molecule has 1 saturated heterocycles. The van der Waals surface area contributed by atoms with Gasteiger partial charge in [-0.2, -0.15) is 0 Å². The summed E-state index contributed by atoms with van der Waals surface area (Å²) in [4.78, 5) is 11.6. The van der Waals surface area contributed by atoms with Gasteiger partial charge in [0.1, 0.15) is 5.82 Å². The number of rotatable bonds is 5. The van der Waals surface area contributed by atoms with Crippen LogP contribution in [0.5, 0.6) is 0 Å². The van der Waals surface area contributed by atoms with E-state index in [-0.39, 0.29) is 24.4 Å². The summed E-state index contributed by atoms with van der Waals surface area (Å²) >= 11 is 0. The zero-order valence-electron chi connectivity index (χ0n) is 10.1. The molecule has 1 atom stereocenters. The van der Waals surface area contributed by atoms with Gasteiger partial charge in [0.05, 0.1) is 12.6 Å². The lowest BCUT2D eigenvalue weighted by Crippen LogP contribution is -2.33. The maximum absolute atomic E-state index is 12.7. The molecule has 1 heterocycles. The summed E-state index contributed by atoms with van der Waals surface area (Å²) in [6, 6.07) is 5.70. The lowest BCUT2D eigenvalue weighted by molar-refractivity contribution is -0.115. The Labute approximate surface area is 106 Å². The highest BCUT2D eigenvalue weighted by Gasteiger charge is 2.14. The highest BCUT2D eigenvalue weighted by molar-refractivity contribution is 5.92. The van der Waals surface area contributed by atoms with Gasteiger partial charge < -0.3 is 15.4 Å². The minimum absolute atomic E-state index is 0.139. The molecule has 1 aromatic rings. The molecule has 0 aromatic heterocycles. The normalized spacial score (nSPS) is 18.8. The van der Waals surface area contributed by atoms with Crippen LogP contribution in [0, 0.1) is 5.82 Å². The molecular weight excluding hydrogens is 235 g/mol. The maximum Gasteiger partial charge on any atom is 0.238 e. The first kappa shape index (κ1) is 13.0. The van der Waals surface area contributed by atoms with E-state index in [9.17, 15) is 9.18 Å². The van der Waals surface area contributed by atoms with E-state index in [4.69, 9.17) is 4.74 Å². The van der Waals surface area contributed by atoms with Crippen LogP contribution >= 0.6 is 0 Å². The fraction of sp³-hybridized carbons (Fsp3) is 0.462. The molecule has 4 nitrogen and oxygen atoms in total. The van der Waals surface area contributed by atoms with E-state index in [1.165, 1.54) is 24.3 Å². The van der Waals surface area contributed by atoms with E-state index in [0.717, 1.165) is 19.4 Å². The van der Waals surface area contributed by atoms with Crippen LogP contribution in [0.2, 0.25) is 0 Å². The molecule has 1 fully saturated rings. The molecule has 1 aliphatic heterocycles. The van der Waals surface area contributed by atoms with Crippen LogP contribution in [-0.4, -0.2) is 31.7 Å². The monoisotopic (exact) mass is 252 g/mol. The zero-order chi connectivity index (χ0) is 12.8. The number of halogens is 1. The predicted octanol–water partition coefficient (Wildman–Crippen LogP) is 1.53. The fourth-order valence-corrected chi connectivity index (χ4v) is 1.89. The molecular formula is C13H17FN2O2. The van der Waals surface area contributed by atoms with Crippen molar-refractivity contribution in [3.63, 3.8) is 0 Å². The number of benzene rings is 1. The van der Waals surface area contributed by atoms with Crippen molar-refractivity contribution < 1.29 is 13.9 Å². The Morgan fingerprint density at radius 3 is 2.83 bits per heavy atom. The van der Waals surface area contributed by atoms with Crippen molar-refractivity contribution in [2.75, 3.05) is 25.0 Å². The van der Waals surface area contributed by atoms with Crippen LogP contribution in [0.4, 0.5) is 10.1 Å². The molecule has 5 heteroatoms. The van der Waals surface area contributed by atoms with Crippen LogP contribution in [0.3, 0.4) is 0 Å². The summed E-state index contributed by atoms with van der Waals surface area (Å²) in [6.45, 7) is 1.74. The molecule has 0 aliphatic carbocycles. The third kappa shape index (κ3) is 4.09. The van der Waals surface area contributed by atoms with Crippen molar-refractivity contribution in [3.8, 4) is 0 Å². The third-order valence-electron chi connectivity index (χ3n) is 2.81. The summed E-state index contributed by atoms with van der Waals surface area (Å²) in [6.07, 6.45) is 2.37. The molecule has 0 radical (unpaired) electrons. The molecule has 2 N–H and O–H groups in total. The first-order chi connectivity index (χ1) is 8.74. The number of hydrogen-bond acceptors (Lipinski definition) is 3. The van der Waals surface area contributed by atoms with E-state index < -0.39 is 0 Å². The maximum atomic E-state index is 12.7. The van der Waals surface area contributed by atoms with Crippen LogP contribution in [0.15, 0.2) is 24.3 Å². The van der Waals surface area contributed by atoms with Crippen LogP contribution in [0.25, 0.3) is 0 Å². The number of carbonyl (C=O) groups excluding carboxylic acids is 1. The van der Waals surface area contributed by atoms with Gasteiger partial charge in [-0.1, -0.05) is 0 Å². The van der Waals surface area contributed by atoms with Gasteiger partial charge >= 0.3 is 0 Å². The number of hydrogen-bond donors (Lipinski definition) is 2. The smallest absolute Gasteiger partial charge is 0.238 e. The second-order valence-electron chi connectivity index (χ2n) is 4.32. The molecule has 0 spiro atoms. The van der Waals surface area contributed by atoms with Crippen molar-refractivity contribution in [1.29, 1.82) is 0 Å². The number of amides is 1. The lowest BCUT2D eigenvalue weighted by Gasteiger charge is -2.10. The van der Waals surface area contributed by atoms with Gasteiger partial charge in [0.2, 0.25) is 5.91 Å². The SMILES string of the molecule is O=C(CNCC1CCCO1)Nc1ccc(F)cc1.